The Balaban J connectivity index is 2.11. The Bertz CT molecular complexity index is 456. The van der Waals surface area contributed by atoms with Crippen LogP contribution in [0.5, 0.6) is 0 Å². The molecular weight excluding hydrogens is 302 g/mol. The number of hydrogen-bond acceptors (Lipinski definition) is 2. The van der Waals surface area contributed by atoms with E-state index >= 15 is 0 Å². The van der Waals surface area contributed by atoms with E-state index in [2.05, 4.69) is 51.0 Å². The smallest absolute Gasteiger partial charge is 0.0754 e. The highest BCUT2D eigenvalue weighted by Gasteiger charge is 2.14. The Labute approximate surface area is 124 Å². The van der Waals surface area contributed by atoms with Crippen LogP contribution in [0.2, 0.25) is 0 Å². The molecule has 0 aromatic carbocycles. The lowest BCUT2D eigenvalue weighted by molar-refractivity contribution is 0.399. The number of nitrogens with zero attached hydrogens (tertiary/aromatic N) is 2. The monoisotopic (exact) mass is 325 g/mol. The van der Waals surface area contributed by atoms with Gasteiger partial charge in [-0.15, -0.1) is 0 Å². The molecule has 1 unspecified atom stereocenters. The summed E-state index contributed by atoms with van der Waals surface area (Å²) in [6.07, 6.45) is 7.41. The van der Waals surface area contributed by atoms with Gasteiger partial charge in [0.25, 0.3) is 0 Å². The summed E-state index contributed by atoms with van der Waals surface area (Å²) in [5.41, 5.74) is 3.69. The predicted molar refractivity (Wildman–Crippen MR) is 84.2 cm³/mol. The molecule has 3 nitrogen and oxygen atoms in total. The molecule has 2 rings (SSSR count). The van der Waals surface area contributed by atoms with Gasteiger partial charge < -0.3 is 5.32 Å². The van der Waals surface area contributed by atoms with Gasteiger partial charge in [-0.05, 0) is 68.6 Å². The number of halogens is 1. The molecule has 4 heteroatoms. The normalized spacial score (nSPS) is 20.8. The third-order valence-electron chi connectivity index (χ3n) is 3.75. The van der Waals surface area contributed by atoms with E-state index in [0.29, 0.717) is 6.04 Å². The van der Waals surface area contributed by atoms with Crippen LogP contribution in [0.3, 0.4) is 0 Å². The summed E-state index contributed by atoms with van der Waals surface area (Å²) < 4.78 is 3.20. The zero-order valence-electron chi connectivity index (χ0n) is 12.2. The van der Waals surface area contributed by atoms with Crippen molar-refractivity contribution in [1.29, 1.82) is 0 Å². The molecule has 0 spiro atoms. The Kier molecular flexibility index (Phi) is 5.22. The minimum Gasteiger partial charge on any atom is -0.314 e. The molecule has 0 aliphatic carbocycles. The number of aryl methyl sites for hydroxylation is 2. The molecule has 106 valence electrons. The fraction of sp³-hybridized carbons (Fsp3) is 0.667. The summed E-state index contributed by atoms with van der Waals surface area (Å²) in [5, 5.41) is 8.15. The maximum Gasteiger partial charge on any atom is 0.0754 e. The van der Waals surface area contributed by atoms with Crippen molar-refractivity contribution in [2.24, 2.45) is 0 Å². The lowest BCUT2D eigenvalue weighted by Gasteiger charge is -2.23. The van der Waals surface area contributed by atoms with Gasteiger partial charge in [0.15, 0.2) is 0 Å². The van der Waals surface area contributed by atoms with Crippen LogP contribution in [-0.4, -0.2) is 22.4 Å². The minimum absolute atomic E-state index is 0.655. The highest BCUT2D eigenvalue weighted by atomic mass is 79.9. The maximum atomic E-state index is 4.54. The minimum atomic E-state index is 0.655. The van der Waals surface area contributed by atoms with Crippen LogP contribution >= 0.6 is 15.9 Å². The molecule has 0 bridgehead atoms. The highest BCUT2D eigenvalue weighted by Crippen LogP contribution is 2.25. The van der Waals surface area contributed by atoms with E-state index in [1.54, 1.807) is 0 Å². The van der Waals surface area contributed by atoms with Crippen LogP contribution in [0.1, 0.15) is 50.9 Å². The molecule has 1 aliphatic rings. The van der Waals surface area contributed by atoms with Crippen molar-refractivity contribution >= 4 is 22.0 Å². The molecular formula is C15H24BrN3. The summed E-state index contributed by atoms with van der Waals surface area (Å²) in [5.74, 6) is 0. The molecule has 1 aliphatic heterocycles. The molecule has 1 aromatic rings. The van der Waals surface area contributed by atoms with E-state index < -0.39 is 0 Å². The molecule has 19 heavy (non-hydrogen) atoms. The van der Waals surface area contributed by atoms with Gasteiger partial charge in [0.05, 0.1) is 15.9 Å². The van der Waals surface area contributed by atoms with Crippen molar-refractivity contribution in [3.05, 3.63) is 21.4 Å². The fourth-order valence-corrected chi connectivity index (χ4v) is 3.13. The Hall–Kier alpha value is -0.610. The third kappa shape index (κ3) is 3.69. The molecule has 2 heterocycles. The van der Waals surface area contributed by atoms with Gasteiger partial charge in [-0.3, -0.25) is 4.68 Å². The van der Waals surface area contributed by atoms with Gasteiger partial charge in [-0.25, -0.2) is 0 Å². The number of rotatable bonds is 4. The van der Waals surface area contributed by atoms with Crippen molar-refractivity contribution < 1.29 is 0 Å². The first-order valence-corrected chi connectivity index (χ1v) is 8.04. The predicted octanol–water partition coefficient (Wildman–Crippen LogP) is 3.91. The highest BCUT2D eigenvalue weighted by molar-refractivity contribution is 9.10. The largest absolute Gasteiger partial charge is 0.314 e. The van der Waals surface area contributed by atoms with E-state index in [1.165, 1.54) is 37.1 Å². The van der Waals surface area contributed by atoms with Gasteiger partial charge >= 0.3 is 0 Å². The molecule has 1 saturated heterocycles. The van der Waals surface area contributed by atoms with Gasteiger partial charge in [-0.1, -0.05) is 12.0 Å². The first kappa shape index (κ1) is 14.8. The fourth-order valence-electron chi connectivity index (χ4n) is 2.74. The Morgan fingerprint density at radius 3 is 2.95 bits per heavy atom. The molecule has 1 atom stereocenters. The second-order valence-electron chi connectivity index (χ2n) is 5.44. The maximum absolute atomic E-state index is 4.54. The van der Waals surface area contributed by atoms with Crippen LogP contribution in [0.15, 0.2) is 10.0 Å². The molecule has 0 saturated carbocycles. The van der Waals surface area contributed by atoms with E-state index in [-0.39, 0.29) is 0 Å². The molecule has 1 fully saturated rings. The van der Waals surface area contributed by atoms with Gasteiger partial charge in [0, 0.05) is 12.6 Å². The van der Waals surface area contributed by atoms with E-state index in [4.69, 9.17) is 0 Å². The van der Waals surface area contributed by atoms with Crippen LogP contribution in [-0.2, 0) is 6.54 Å². The summed E-state index contributed by atoms with van der Waals surface area (Å²) in [4.78, 5) is 0. The van der Waals surface area contributed by atoms with Crippen molar-refractivity contribution in [2.45, 2.75) is 59.0 Å². The van der Waals surface area contributed by atoms with E-state index in [1.807, 2.05) is 6.92 Å². The van der Waals surface area contributed by atoms with Crippen molar-refractivity contribution in [2.75, 3.05) is 6.54 Å². The van der Waals surface area contributed by atoms with Crippen LogP contribution < -0.4 is 5.32 Å². The van der Waals surface area contributed by atoms with Crippen LogP contribution in [0, 0.1) is 6.92 Å². The van der Waals surface area contributed by atoms with E-state index in [9.17, 15) is 0 Å². The van der Waals surface area contributed by atoms with Crippen molar-refractivity contribution in [3.63, 3.8) is 0 Å². The average Bonchev–Trinajstić information content (AvgIpc) is 2.67. The number of nitrogens with one attached hydrogen (secondary N) is 1. The van der Waals surface area contributed by atoms with Crippen molar-refractivity contribution in [1.82, 2.24) is 15.1 Å². The van der Waals surface area contributed by atoms with Crippen LogP contribution in [0.4, 0.5) is 0 Å². The Morgan fingerprint density at radius 2 is 2.32 bits per heavy atom. The summed E-state index contributed by atoms with van der Waals surface area (Å²) >= 11 is 3.65. The van der Waals surface area contributed by atoms with Gasteiger partial charge in [-0.2, -0.15) is 5.10 Å². The molecule has 0 radical (unpaired) electrons. The van der Waals surface area contributed by atoms with E-state index in [0.717, 1.165) is 23.1 Å². The zero-order chi connectivity index (χ0) is 13.8. The second-order valence-corrected chi connectivity index (χ2v) is 6.24. The van der Waals surface area contributed by atoms with Gasteiger partial charge in [0.2, 0.25) is 0 Å². The third-order valence-corrected chi connectivity index (χ3v) is 4.73. The average molecular weight is 326 g/mol. The Morgan fingerprint density at radius 1 is 1.53 bits per heavy atom. The number of hydrogen-bond donors (Lipinski definition) is 1. The molecule has 1 aromatic heterocycles. The van der Waals surface area contributed by atoms with Crippen molar-refractivity contribution in [3.8, 4) is 0 Å². The number of aromatic nitrogens is 2. The topological polar surface area (TPSA) is 29.9 Å². The van der Waals surface area contributed by atoms with Gasteiger partial charge in [0.1, 0.15) is 0 Å². The molecule has 0 amide bonds. The number of piperidine rings is 1. The summed E-state index contributed by atoms with van der Waals surface area (Å²) in [6, 6.07) is 0.655. The van der Waals surface area contributed by atoms with Crippen LogP contribution in [0.25, 0.3) is 6.08 Å². The summed E-state index contributed by atoms with van der Waals surface area (Å²) in [6.45, 7) is 8.49. The SMILES string of the molecule is CCn1nc(C)c(Br)c1/C=C(/C)CC1CCCCN1. The first-order valence-electron chi connectivity index (χ1n) is 7.25. The lowest BCUT2D eigenvalue weighted by atomic mass is 9.98. The second kappa shape index (κ2) is 6.71. The lowest BCUT2D eigenvalue weighted by Crippen LogP contribution is -2.33. The first-order chi connectivity index (χ1) is 9.11. The molecule has 1 N–H and O–H groups in total. The quantitative estimate of drug-likeness (QED) is 0.909. The standard InChI is InChI=1S/C15H24BrN3/c1-4-19-14(15(16)12(3)18-19)10-11(2)9-13-7-5-6-8-17-13/h10,13,17H,4-9H2,1-3H3/b11-10-. The zero-order valence-corrected chi connectivity index (χ0v) is 13.8. The summed E-state index contributed by atoms with van der Waals surface area (Å²) in [7, 11) is 0.